The number of anilines is 1. The standard InChI is InChI=1S/C26H26F3N5O3/c1-33-8-10-34(11-9-33)16-25(36)32-22-13-20(6-7-24(22)37-26(27,28)29)23(35)12-18-2-4-19(5-3-18)21-14-30-17-31-15-21/h2-7,13-15,17H,8-12,16H2,1H3,(H,32,36). The minimum atomic E-state index is -4.95. The molecule has 0 bridgehead atoms. The molecule has 0 aliphatic carbocycles. The number of carbonyl (C=O) groups is 2. The van der Waals surface area contributed by atoms with Crippen LogP contribution >= 0.6 is 0 Å². The Bertz CT molecular complexity index is 1230. The van der Waals surface area contributed by atoms with Crippen molar-refractivity contribution >= 4 is 17.4 Å². The highest BCUT2D eigenvalue weighted by atomic mass is 19.4. The first kappa shape index (κ1) is 26.2. The molecule has 194 valence electrons. The predicted octanol–water partition coefficient (Wildman–Crippen LogP) is 3.65. The first-order valence-electron chi connectivity index (χ1n) is 11.6. The van der Waals surface area contributed by atoms with Crippen molar-refractivity contribution in [3.8, 4) is 16.9 Å². The quantitative estimate of drug-likeness (QED) is 0.460. The summed E-state index contributed by atoms with van der Waals surface area (Å²) in [6.45, 7) is 2.95. The number of carbonyl (C=O) groups excluding carboxylic acids is 2. The number of nitrogens with zero attached hydrogens (tertiary/aromatic N) is 4. The highest BCUT2D eigenvalue weighted by Gasteiger charge is 2.32. The van der Waals surface area contributed by atoms with Gasteiger partial charge in [0.2, 0.25) is 5.91 Å². The van der Waals surface area contributed by atoms with E-state index in [1.807, 2.05) is 24.1 Å². The summed E-state index contributed by atoms with van der Waals surface area (Å²) in [5.74, 6) is -1.38. The molecule has 1 saturated heterocycles. The molecule has 37 heavy (non-hydrogen) atoms. The van der Waals surface area contributed by atoms with Crippen LogP contribution in [0.1, 0.15) is 15.9 Å². The zero-order valence-electron chi connectivity index (χ0n) is 20.2. The number of ketones is 1. The maximum atomic E-state index is 12.9. The number of likely N-dealkylation sites (N-methyl/N-ethyl adjacent to an activating group) is 1. The molecule has 0 radical (unpaired) electrons. The van der Waals surface area contributed by atoms with E-state index < -0.39 is 18.0 Å². The van der Waals surface area contributed by atoms with E-state index in [4.69, 9.17) is 0 Å². The van der Waals surface area contributed by atoms with Crippen molar-refractivity contribution in [2.75, 3.05) is 45.1 Å². The first-order chi connectivity index (χ1) is 17.7. The van der Waals surface area contributed by atoms with Gasteiger partial charge in [-0.2, -0.15) is 0 Å². The van der Waals surface area contributed by atoms with Crippen molar-refractivity contribution in [1.82, 2.24) is 19.8 Å². The summed E-state index contributed by atoms with van der Waals surface area (Å²) < 4.78 is 42.9. The molecule has 3 aromatic rings. The Balaban J connectivity index is 1.47. The van der Waals surface area contributed by atoms with E-state index in [1.165, 1.54) is 18.5 Å². The molecule has 1 N–H and O–H groups in total. The van der Waals surface area contributed by atoms with E-state index in [1.54, 1.807) is 24.5 Å². The molecule has 1 aliphatic heterocycles. The molecule has 1 aromatic heterocycles. The largest absolute Gasteiger partial charge is 0.573 e. The summed E-state index contributed by atoms with van der Waals surface area (Å²) in [6.07, 6.45) is -0.132. The number of Topliss-reactive ketones (excluding diaryl/α,β-unsaturated/α-hetero) is 1. The van der Waals surface area contributed by atoms with Crippen LogP contribution in [-0.4, -0.2) is 77.6 Å². The lowest BCUT2D eigenvalue weighted by Crippen LogP contribution is -2.47. The lowest BCUT2D eigenvalue weighted by molar-refractivity contribution is -0.274. The molecule has 1 fully saturated rings. The van der Waals surface area contributed by atoms with Crippen molar-refractivity contribution in [3.05, 3.63) is 72.3 Å². The van der Waals surface area contributed by atoms with Gasteiger partial charge in [0.1, 0.15) is 6.33 Å². The van der Waals surface area contributed by atoms with Crippen molar-refractivity contribution in [2.45, 2.75) is 12.8 Å². The van der Waals surface area contributed by atoms with Crippen LogP contribution in [0.5, 0.6) is 5.75 Å². The third kappa shape index (κ3) is 7.58. The number of halogens is 3. The molecule has 0 saturated carbocycles. The van der Waals surface area contributed by atoms with Crippen LogP contribution in [0.3, 0.4) is 0 Å². The number of aromatic nitrogens is 2. The van der Waals surface area contributed by atoms with Gasteiger partial charge in [0.25, 0.3) is 0 Å². The van der Waals surface area contributed by atoms with Gasteiger partial charge in [-0.1, -0.05) is 24.3 Å². The Morgan fingerprint density at radius 1 is 0.973 bits per heavy atom. The fourth-order valence-corrected chi connectivity index (χ4v) is 3.96. The number of hydrogen-bond acceptors (Lipinski definition) is 7. The molecular weight excluding hydrogens is 487 g/mol. The van der Waals surface area contributed by atoms with Crippen LogP contribution < -0.4 is 10.1 Å². The van der Waals surface area contributed by atoms with E-state index in [2.05, 4.69) is 24.9 Å². The van der Waals surface area contributed by atoms with Crippen LogP contribution in [0.15, 0.2) is 61.2 Å². The fraction of sp³-hybridized carbons (Fsp3) is 0.308. The molecule has 1 amide bonds. The second-order valence-corrected chi connectivity index (χ2v) is 8.81. The van der Waals surface area contributed by atoms with Crippen LogP contribution in [-0.2, 0) is 11.2 Å². The predicted molar refractivity (Wildman–Crippen MR) is 131 cm³/mol. The number of alkyl halides is 3. The number of nitrogens with one attached hydrogen (secondary N) is 1. The molecule has 11 heteroatoms. The second-order valence-electron chi connectivity index (χ2n) is 8.81. The van der Waals surface area contributed by atoms with Crippen LogP contribution in [0, 0.1) is 0 Å². The Morgan fingerprint density at radius 2 is 1.65 bits per heavy atom. The maximum absolute atomic E-state index is 12.9. The minimum Gasteiger partial charge on any atom is -0.404 e. The van der Waals surface area contributed by atoms with Crippen molar-refractivity contribution in [3.63, 3.8) is 0 Å². The zero-order chi connectivity index (χ0) is 26.4. The lowest BCUT2D eigenvalue weighted by Gasteiger charge is -2.31. The molecular formula is C26H26F3N5O3. The molecule has 8 nitrogen and oxygen atoms in total. The van der Waals surface area contributed by atoms with Gasteiger partial charge < -0.3 is 15.0 Å². The van der Waals surface area contributed by atoms with Crippen molar-refractivity contribution in [2.24, 2.45) is 0 Å². The van der Waals surface area contributed by atoms with Crippen molar-refractivity contribution < 1.29 is 27.5 Å². The van der Waals surface area contributed by atoms with Crippen LogP contribution in [0.25, 0.3) is 11.1 Å². The average Bonchev–Trinajstić information content (AvgIpc) is 2.86. The second kappa shape index (κ2) is 11.5. The fourth-order valence-electron chi connectivity index (χ4n) is 3.96. The lowest BCUT2D eigenvalue weighted by atomic mass is 10.00. The monoisotopic (exact) mass is 513 g/mol. The number of benzene rings is 2. The zero-order valence-corrected chi connectivity index (χ0v) is 20.2. The highest BCUT2D eigenvalue weighted by molar-refractivity contribution is 6.00. The van der Waals surface area contributed by atoms with Gasteiger partial charge in [-0.3, -0.25) is 14.5 Å². The number of ether oxygens (including phenoxy) is 1. The van der Waals surface area contributed by atoms with Gasteiger partial charge in [-0.05, 0) is 36.4 Å². The highest BCUT2D eigenvalue weighted by Crippen LogP contribution is 2.32. The van der Waals surface area contributed by atoms with E-state index in [-0.39, 0.29) is 30.0 Å². The Hall–Kier alpha value is -3.83. The number of piperazine rings is 1. The van der Waals surface area contributed by atoms with Gasteiger partial charge in [-0.25, -0.2) is 9.97 Å². The summed E-state index contributed by atoms with van der Waals surface area (Å²) in [5, 5.41) is 2.49. The summed E-state index contributed by atoms with van der Waals surface area (Å²) in [6, 6.07) is 10.8. The Labute approximate surface area is 212 Å². The summed E-state index contributed by atoms with van der Waals surface area (Å²) in [7, 11) is 1.98. The molecule has 0 unspecified atom stereocenters. The maximum Gasteiger partial charge on any atom is 0.573 e. The van der Waals surface area contributed by atoms with E-state index in [0.717, 1.165) is 35.8 Å². The topological polar surface area (TPSA) is 87.7 Å². The molecule has 2 heterocycles. The average molecular weight is 514 g/mol. The van der Waals surface area contributed by atoms with Crippen LogP contribution in [0.2, 0.25) is 0 Å². The molecule has 2 aromatic carbocycles. The van der Waals surface area contributed by atoms with E-state index in [9.17, 15) is 22.8 Å². The summed E-state index contributed by atoms with van der Waals surface area (Å²) >= 11 is 0. The first-order valence-corrected chi connectivity index (χ1v) is 11.6. The van der Waals surface area contributed by atoms with Gasteiger partial charge in [0.05, 0.1) is 12.2 Å². The normalized spacial score (nSPS) is 14.8. The van der Waals surface area contributed by atoms with Gasteiger partial charge in [-0.15, -0.1) is 13.2 Å². The third-order valence-corrected chi connectivity index (χ3v) is 5.98. The summed E-state index contributed by atoms with van der Waals surface area (Å²) in [5.41, 5.74) is 2.39. The van der Waals surface area contributed by atoms with Gasteiger partial charge in [0, 0.05) is 56.1 Å². The third-order valence-electron chi connectivity index (χ3n) is 5.98. The number of hydrogen-bond donors (Lipinski definition) is 1. The summed E-state index contributed by atoms with van der Waals surface area (Å²) in [4.78, 5) is 37.6. The van der Waals surface area contributed by atoms with E-state index in [0.29, 0.717) is 13.1 Å². The van der Waals surface area contributed by atoms with Crippen LogP contribution in [0.4, 0.5) is 18.9 Å². The Morgan fingerprint density at radius 3 is 2.30 bits per heavy atom. The molecule has 4 rings (SSSR count). The SMILES string of the molecule is CN1CCN(CC(=O)Nc2cc(C(=O)Cc3ccc(-c4cncnc4)cc3)ccc2OC(F)(F)F)CC1. The Kier molecular flexibility index (Phi) is 8.14. The minimum absolute atomic E-state index is 0.0241. The van der Waals surface area contributed by atoms with E-state index >= 15 is 0 Å². The molecule has 0 atom stereocenters. The van der Waals surface area contributed by atoms with Gasteiger partial charge >= 0.3 is 6.36 Å². The smallest absolute Gasteiger partial charge is 0.404 e. The molecule has 0 spiro atoms. The van der Waals surface area contributed by atoms with Gasteiger partial charge in [0.15, 0.2) is 11.5 Å². The number of rotatable bonds is 8. The molecule has 1 aliphatic rings. The number of amides is 1. The van der Waals surface area contributed by atoms with Crippen molar-refractivity contribution in [1.29, 1.82) is 0 Å².